The lowest BCUT2D eigenvalue weighted by molar-refractivity contribution is 0.599. The lowest BCUT2D eigenvalue weighted by atomic mass is 10.5. The van der Waals surface area contributed by atoms with Gasteiger partial charge in [-0.15, -0.1) is 0 Å². The monoisotopic (exact) mass is 171 g/mol. The maximum absolute atomic E-state index is 12.6. The number of H-pyrrole nitrogens is 2. The van der Waals surface area contributed by atoms with Crippen LogP contribution in [0, 0.1) is 5.82 Å². The smallest absolute Gasteiger partial charge is 0.303 e. The van der Waals surface area contributed by atoms with Crippen LogP contribution in [0.1, 0.15) is 0 Å². The molecule has 0 unspecified atom stereocenters. The summed E-state index contributed by atoms with van der Waals surface area (Å²) in [4.78, 5) is 26.6. The minimum atomic E-state index is -1.31. The summed E-state index contributed by atoms with van der Waals surface area (Å²) >= 11 is 0. The van der Waals surface area contributed by atoms with Crippen LogP contribution >= 0.6 is 0 Å². The van der Waals surface area contributed by atoms with Crippen molar-refractivity contribution in [2.24, 2.45) is 5.11 Å². The second kappa shape index (κ2) is 2.89. The SMILES string of the molecule is [N-]=[N+]=Nc1[nH]c(=O)[nH]c(=O)c1F. The largest absolute Gasteiger partial charge is 0.326 e. The molecule has 62 valence electrons. The number of aromatic nitrogens is 2. The van der Waals surface area contributed by atoms with E-state index in [0.29, 0.717) is 0 Å². The second-order valence-corrected chi connectivity index (χ2v) is 1.76. The average Bonchev–Trinajstić information content (AvgIpc) is 2.00. The van der Waals surface area contributed by atoms with Gasteiger partial charge in [-0.3, -0.25) is 9.78 Å². The number of hydrogen-bond acceptors (Lipinski definition) is 3. The van der Waals surface area contributed by atoms with Crippen LogP contribution in [-0.2, 0) is 0 Å². The van der Waals surface area contributed by atoms with E-state index in [1.54, 1.807) is 4.98 Å². The number of rotatable bonds is 1. The molecule has 1 heterocycles. The third-order valence-corrected chi connectivity index (χ3v) is 1.01. The molecule has 0 aliphatic carbocycles. The van der Waals surface area contributed by atoms with E-state index >= 15 is 0 Å². The summed E-state index contributed by atoms with van der Waals surface area (Å²) in [7, 11) is 0. The first-order valence-electron chi connectivity index (χ1n) is 2.72. The van der Waals surface area contributed by atoms with Crippen LogP contribution in [0.3, 0.4) is 0 Å². The number of aromatic amines is 2. The Bertz CT molecular complexity index is 453. The van der Waals surface area contributed by atoms with Crippen molar-refractivity contribution < 1.29 is 4.39 Å². The molecule has 0 spiro atoms. The maximum Gasteiger partial charge on any atom is 0.326 e. The van der Waals surface area contributed by atoms with Crippen molar-refractivity contribution in [2.45, 2.75) is 0 Å². The van der Waals surface area contributed by atoms with E-state index in [-0.39, 0.29) is 0 Å². The molecule has 1 aromatic rings. The summed E-state index contributed by atoms with van der Waals surface area (Å²) in [6.07, 6.45) is 0. The van der Waals surface area contributed by atoms with Crippen LogP contribution in [-0.4, -0.2) is 9.97 Å². The van der Waals surface area contributed by atoms with Crippen molar-refractivity contribution in [3.63, 3.8) is 0 Å². The van der Waals surface area contributed by atoms with E-state index < -0.39 is 22.9 Å². The molecule has 0 amide bonds. The van der Waals surface area contributed by atoms with E-state index in [2.05, 4.69) is 10.0 Å². The molecular formula is C4H2FN5O2. The zero-order valence-electron chi connectivity index (χ0n) is 5.54. The van der Waals surface area contributed by atoms with Gasteiger partial charge in [0.2, 0.25) is 5.82 Å². The van der Waals surface area contributed by atoms with Gasteiger partial charge >= 0.3 is 5.69 Å². The second-order valence-electron chi connectivity index (χ2n) is 1.76. The minimum Gasteiger partial charge on any atom is -0.303 e. The summed E-state index contributed by atoms with van der Waals surface area (Å²) in [5, 5.41) is 2.76. The Labute approximate surface area is 63.5 Å². The van der Waals surface area contributed by atoms with Crippen LogP contribution in [0.5, 0.6) is 0 Å². The van der Waals surface area contributed by atoms with Crippen LogP contribution in [0.25, 0.3) is 10.4 Å². The highest BCUT2D eigenvalue weighted by Gasteiger charge is 2.05. The highest BCUT2D eigenvalue weighted by atomic mass is 19.1. The van der Waals surface area contributed by atoms with Gasteiger partial charge in [0.1, 0.15) is 5.82 Å². The first kappa shape index (κ1) is 8.02. The topological polar surface area (TPSA) is 114 Å². The number of nitrogens with one attached hydrogen (secondary N) is 2. The Morgan fingerprint density at radius 3 is 2.67 bits per heavy atom. The molecule has 0 aliphatic heterocycles. The van der Waals surface area contributed by atoms with Crippen molar-refractivity contribution in [3.8, 4) is 0 Å². The maximum atomic E-state index is 12.6. The molecule has 1 rings (SSSR count). The van der Waals surface area contributed by atoms with Crippen LogP contribution in [0.15, 0.2) is 14.7 Å². The van der Waals surface area contributed by atoms with Crippen molar-refractivity contribution in [1.29, 1.82) is 0 Å². The van der Waals surface area contributed by atoms with Gasteiger partial charge in [-0.05, 0) is 10.6 Å². The summed E-state index contributed by atoms with van der Waals surface area (Å²) in [6, 6.07) is 0. The Balaban J connectivity index is 3.58. The standard InChI is InChI=1S/C4H2FN5O2/c5-1-2(9-10-6)7-4(12)8-3(1)11/h(H2,7,8,11,12). The Morgan fingerprint density at radius 2 is 2.08 bits per heavy atom. The number of hydrogen-bond donors (Lipinski definition) is 2. The molecule has 0 radical (unpaired) electrons. The molecule has 0 saturated heterocycles. The third kappa shape index (κ3) is 1.32. The van der Waals surface area contributed by atoms with Gasteiger partial charge in [0.05, 0.1) is 0 Å². The first-order valence-corrected chi connectivity index (χ1v) is 2.72. The fourth-order valence-electron chi connectivity index (χ4n) is 0.573. The van der Waals surface area contributed by atoms with Crippen LogP contribution in [0.2, 0.25) is 0 Å². The average molecular weight is 171 g/mol. The van der Waals surface area contributed by atoms with Gasteiger partial charge in [0.15, 0.2) is 0 Å². The molecule has 0 aliphatic rings. The quantitative estimate of drug-likeness (QED) is 0.355. The van der Waals surface area contributed by atoms with Gasteiger partial charge in [-0.2, -0.15) is 4.39 Å². The number of halogens is 1. The van der Waals surface area contributed by atoms with Crippen molar-refractivity contribution in [2.75, 3.05) is 0 Å². The van der Waals surface area contributed by atoms with E-state index in [9.17, 15) is 14.0 Å². The minimum absolute atomic E-state index is 0.716. The predicted molar refractivity (Wildman–Crippen MR) is 36.4 cm³/mol. The zero-order valence-corrected chi connectivity index (χ0v) is 5.54. The molecule has 0 fully saturated rings. The molecule has 0 bridgehead atoms. The highest BCUT2D eigenvalue weighted by Crippen LogP contribution is 2.05. The Kier molecular flexibility index (Phi) is 1.93. The lowest BCUT2D eigenvalue weighted by Crippen LogP contribution is -2.24. The zero-order chi connectivity index (χ0) is 9.14. The molecule has 0 atom stereocenters. The van der Waals surface area contributed by atoms with Gasteiger partial charge in [-0.25, -0.2) is 4.79 Å². The van der Waals surface area contributed by atoms with Gasteiger partial charge in [-0.1, -0.05) is 0 Å². The number of azide groups is 1. The molecular weight excluding hydrogens is 169 g/mol. The molecule has 0 aromatic carbocycles. The molecule has 7 nitrogen and oxygen atoms in total. The van der Waals surface area contributed by atoms with Gasteiger partial charge in [0.25, 0.3) is 5.56 Å². The first-order chi connectivity index (χ1) is 5.65. The fraction of sp³-hybridized carbons (Fsp3) is 0. The predicted octanol–water partition coefficient (Wildman–Crippen LogP) is 0.144. The van der Waals surface area contributed by atoms with Crippen molar-refractivity contribution >= 4 is 5.82 Å². The van der Waals surface area contributed by atoms with Crippen molar-refractivity contribution in [1.82, 2.24) is 9.97 Å². The summed E-state index contributed by atoms with van der Waals surface area (Å²) in [5.41, 5.74) is 5.74. The normalized spacial score (nSPS) is 9.08. The van der Waals surface area contributed by atoms with E-state index in [1.807, 2.05) is 4.98 Å². The van der Waals surface area contributed by atoms with E-state index in [1.165, 1.54) is 0 Å². The van der Waals surface area contributed by atoms with E-state index in [0.717, 1.165) is 0 Å². The highest BCUT2D eigenvalue weighted by molar-refractivity contribution is 5.25. The molecule has 2 N–H and O–H groups in total. The third-order valence-electron chi connectivity index (χ3n) is 1.01. The summed E-state index contributed by atoms with van der Waals surface area (Å²) in [6.45, 7) is 0. The van der Waals surface area contributed by atoms with Crippen LogP contribution < -0.4 is 11.2 Å². The molecule has 8 heteroatoms. The van der Waals surface area contributed by atoms with E-state index in [4.69, 9.17) is 5.53 Å². The molecule has 12 heavy (non-hydrogen) atoms. The van der Waals surface area contributed by atoms with Gasteiger partial charge < -0.3 is 4.98 Å². The van der Waals surface area contributed by atoms with Gasteiger partial charge in [0, 0.05) is 4.91 Å². The molecule has 0 saturated carbocycles. The van der Waals surface area contributed by atoms with Crippen molar-refractivity contribution in [3.05, 3.63) is 37.1 Å². The Hall–Kier alpha value is -2.08. The lowest BCUT2D eigenvalue weighted by Gasteiger charge is -1.90. The Morgan fingerprint density at radius 1 is 1.42 bits per heavy atom. The summed E-state index contributed by atoms with van der Waals surface area (Å²) in [5.74, 6) is -2.03. The van der Waals surface area contributed by atoms with Crippen LogP contribution in [0.4, 0.5) is 10.2 Å². The summed E-state index contributed by atoms with van der Waals surface area (Å²) < 4.78 is 12.6. The molecule has 1 aromatic heterocycles. The number of nitrogens with zero attached hydrogens (tertiary/aromatic N) is 3. The fourth-order valence-corrected chi connectivity index (χ4v) is 0.573.